The molecule has 0 fully saturated rings. The molecule has 6 heteroatoms. The molecule has 3 N–H and O–H groups in total. The van der Waals surface area contributed by atoms with E-state index < -0.39 is 0 Å². The van der Waals surface area contributed by atoms with Crippen LogP contribution >= 0.6 is 27.5 Å². The number of aryl methyl sites for hydroxylation is 1. The van der Waals surface area contributed by atoms with Crippen molar-refractivity contribution in [2.24, 2.45) is 0 Å². The lowest BCUT2D eigenvalue weighted by Crippen LogP contribution is -2.28. The summed E-state index contributed by atoms with van der Waals surface area (Å²) in [4.78, 5) is 15.6. The lowest BCUT2D eigenvalue weighted by atomic mass is 10.1. The lowest BCUT2D eigenvalue weighted by molar-refractivity contribution is 0.0953. The van der Waals surface area contributed by atoms with Crippen molar-refractivity contribution in [1.82, 2.24) is 15.6 Å². The molecule has 1 heterocycles. The maximum absolute atomic E-state index is 12.2. The summed E-state index contributed by atoms with van der Waals surface area (Å²) < 4.78 is 1.08. The van der Waals surface area contributed by atoms with Crippen molar-refractivity contribution in [2.75, 3.05) is 13.1 Å². The molecule has 3 rings (SSSR count). The first-order valence-electron chi connectivity index (χ1n) is 9.00. The average molecular weight is 449 g/mol. The van der Waals surface area contributed by atoms with E-state index in [1.165, 1.54) is 5.39 Å². The molecular weight excluding hydrogens is 426 g/mol. The molecule has 0 aliphatic heterocycles. The number of aromatic nitrogens is 1. The van der Waals surface area contributed by atoms with E-state index in [1.54, 1.807) is 12.1 Å². The van der Waals surface area contributed by atoms with Gasteiger partial charge in [-0.1, -0.05) is 27.5 Å². The van der Waals surface area contributed by atoms with Crippen molar-refractivity contribution in [3.05, 3.63) is 68.8 Å². The number of halogens is 2. The highest BCUT2D eigenvalue weighted by Gasteiger charge is 2.09. The van der Waals surface area contributed by atoms with Crippen LogP contribution in [0.15, 0.2) is 46.9 Å². The summed E-state index contributed by atoms with van der Waals surface area (Å²) in [7, 11) is 0. The van der Waals surface area contributed by atoms with Crippen LogP contribution in [0, 0.1) is 6.92 Å². The summed E-state index contributed by atoms with van der Waals surface area (Å²) >= 11 is 9.50. The smallest absolute Gasteiger partial charge is 0.251 e. The Labute approximate surface area is 172 Å². The maximum Gasteiger partial charge on any atom is 0.251 e. The second-order valence-electron chi connectivity index (χ2n) is 6.71. The molecule has 0 saturated carbocycles. The molecule has 1 atom stereocenters. The van der Waals surface area contributed by atoms with E-state index in [4.69, 9.17) is 11.6 Å². The van der Waals surface area contributed by atoms with Gasteiger partial charge in [-0.3, -0.25) is 4.79 Å². The minimum absolute atomic E-state index is 0.0657. The Hall–Kier alpha value is -1.82. The van der Waals surface area contributed by atoms with Gasteiger partial charge in [0.05, 0.1) is 0 Å². The number of fused-ring (bicyclic) bond motifs is 1. The van der Waals surface area contributed by atoms with Crippen molar-refractivity contribution >= 4 is 44.3 Å². The third-order valence-corrected chi connectivity index (χ3v) is 5.50. The highest BCUT2D eigenvalue weighted by atomic mass is 79.9. The molecule has 3 aromatic rings. The third kappa shape index (κ3) is 5.12. The number of hydrogen-bond acceptors (Lipinski definition) is 2. The molecule has 1 unspecified atom stereocenters. The molecule has 1 aromatic heterocycles. The van der Waals surface area contributed by atoms with Crippen molar-refractivity contribution in [2.45, 2.75) is 26.3 Å². The summed E-state index contributed by atoms with van der Waals surface area (Å²) in [6, 6.07) is 13.9. The Morgan fingerprint density at radius 2 is 2.00 bits per heavy atom. The van der Waals surface area contributed by atoms with E-state index in [1.807, 2.05) is 19.1 Å². The van der Waals surface area contributed by atoms with Crippen LogP contribution in [0.4, 0.5) is 0 Å². The van der Waals surface area contributed by atoms with Gasteiger partial charge < -0.3 is 15.6 Å². The SMILES string of the molecule is Cc1cc(C(=O)NCCCNC(C)c2cc3cc(Br)ccc3[nH]2)ccc1Cl. The maximum atomic E-state index is 12.2. The van der Waals surface area contributed by atoms with Gasteiger partial charge in [-0.2, -0.15) is 0 Å². The van der Waals surface area contributed by atoms with E-state index in [2.05, 4.69) is 56.7 Å². The fraction of sp³-hybridized carbons (Fsp3) is 0.286. The first kappa shape index (κ1) is 19.9. The van der Waals surface area contributed by atoms with Crippen molar-refractivity contribution in [3.8, 4) is 0 Å². The van der Waals surface area contributed by atoms with Gasteiger partial charge >= 0.3 is 0 Å². The minimum atomic E-state index is -0.0657. The number of aromatic amines is 1. The summed E-state index contributed by atoms with van der Waals surface area (Å²) in [6.45, 7) is 5.47. The molecule has 0 radical (unpaired) electrons. The van der Waals surface area contributed by atoms with E-state index in [-0.39, 0.29) is 11.9 Å². The van der Waals surface area contributed by atoms with Crippen LogP contribution in [0.5, 0.6) is 0 Å². The molecule has 142 valence electrons. The first-order chi connectivity index (χ1) is 12.9. The Balaban J connectivity index is 1.43. The summed E-state index contributed by atoms with van der Waals surface area (Å²) in [5, 5.41) is 8.31. The Morgan fingerprint density at radius 3 is 2.78 bits per heavy atom. The number of rotatable bonds is 7. The minimum Gasteiger partial charge on any atom is -0.357 e. The standard InChI is InChI=1S/C21H23BrClN3O/c1-13-10-15(4-6-18(13)23)21(27)25-9-3-8-24-14(2)20-12-16-11-17(22)5-7-19(16)26-20/h4-7,10-12,14,24,26H,3,8-9H2,1-2H3,(H,25,27). The number of H-pyrrole nitrogens is 1. The molecule has 2 aromatic carbocycles. The normalized spacial score (nSPS) is 12.3. The number of amides is 1. The summed E-state index contributed by atoms with van der Waals surface area (Å²) in [5.41, 5.74) is 3.84. The van der Waals surface area contributed by atoms with E-state index in [0.717, 1.165) is 34.2 Å². The molecule has 27 heavy (non-hydrogen) atoms. The molecule has 4 nitrogen and oxygen atoms in total. The molecule has 0 aliphatic carbocycles. The Morgan fingerprint density at radius 1 is 1.19 bits per heavy atom. The van der Waals surface area contributed by atoms with Crippen LogP contribution in [0.1, 0.15) is 41.0 Å². The Bertz CT molecular complexity index is 954. The number of hydrogen-bond donors (Lipinski definition) is 3. The van der Waals surface area contributed by atoms with Crippen LogP contribution < -0.4 is 10.6 Å². The molecule has 0 bridgehead atoms. The topological polar surface area (TPSA) is 56.9 Å². The van der Waals surface area contributed by atoms with Crippen LogP contribution in [0.3, 0.4) is 0 Å². The summed E-state index contributed by atoms with van der Waals surface area (Å²) in [6.07, 6.45) is 0.856. The monoisotopic (exact) mass is 447 g/mol. The quantitative estimate of drug-likeness (QED) is 0.426. The Kier molecular flexibility index (Phi) is 6.58. The van der Waals surface area contributed by atoms with E-state index in [9.17, 15) is 4.79 Å². The van der Waals surface area contributed by atoms with Crippen molar-refractivity contribution in [1.29, 1.82) is 0 Å². The zero-order chi connectivity index (χ0) is 19.4. The van der Waals surface area contributed by atoms with Gasteiger partial charge in [0.25, 0.3) is 5.91 Å². The predicted octanol–water partition coefficient (Wildman–Crippen LogP) is 5.36. The highest BCUT2D eigenvalue weighted by molar-refractivity contribution is 9.10. The third-order valence-electron chi connectivity index (χ3n) is 4.58. The average Bonchev–Trinajstić information content (AvgIpc) is 3.06. The van der Waals surface area contributed by atoms with Crippen LogP contribution in [0.2, 0.25) is 5.02 Å². The van der Waals surface area contributed by atoms with Gasteiger partial charge in [0.2, 0.25) is 0 Å². The van der Waals surface area contributed by atoms with Gasteiger partial charge in [-0.05, 0) is 74.8 Å². The largest absolute Gasteiger partial charge is 0.357 e. The van der Waals surface area contributed by atoms with Gasteiger partial charge in [-0.25, -0.2) is 0 Å². The molecule has 0 spiro atoms. The summed E-state index contributed by atoms with van der Waals surface area (Å²) in [5.74, 6) is -0.0657. The van der Waals surface area contributed by atoms with Crippen molar-refractivity contribution < 1.29 is 4.79 Å². The van der Waals surface area contributed by atoms with Gasteiger partial charge in [0.1, 0.15) is 0 Å². The molecule has 0 aliphatic rings. The molecule has 1 amide bonds. The van der Waals surface area contributed by atoms with Gasteiger partial charge in [0.15, 0.2) is 0 Å². The van der Waals surface area contributed by atoms with E-state index in [0.29, 0.717) is 17.1 Å². The zero-order valence-electron chi connectivity index (χ0n) is 15.4. The number of benzene rings is 2. The number of nitrogens with one attached hydrogen (secondary N) is 3. The second-order valence-corrected chi connectivity index (χ2v) is 8.03. The molecular formula is C21H23BrClN3O. The van der Waals surface area contributed by atoms with Gasteiger partial charge in [-0.15, -0.1) is 0 Å². The fourth-order valence-electron chi connectivity index (χ4n) is 2.97. The highest BCUT2D eigenvalue weighted by Crippen LogP contribution is 2.23. The fourth-order valence-corrected chi connectivity index (χ4v) is 3.46. The number of carbonyl (C=O) groups is 1. The van der Waals surface area contributed by atoms with E-state index >= 15 is 0 Å². The lowest BCUT2D eigenvalue weighted by Gasteiger charge is -2.12. The van der Waals surface area contributed by atoms with Crippen LogP contribution in [-0.2, 0) is 0 Å². The van der Waals surface area contributed by atoms with Gasteiger partial charge in [0, 0.05) is 44.2 Å². The zero-order valence-corrected chi connectivity index (χ0v) is 17.7. The second kappa shape index (κ2) is 8.91. The molecule has 0 saturated heterocycles. The first-order valence-corrected chi connectivity index (χ1v) is 10.2. The number of carbonyl (C=O) groups excluding carboxylic acids is 1. The van der Waals surface area contributed by atoms with Crippen LogP contribution in [0.25, 0.3) is 10.9 Å². The van der Waals surface area contributed by atoms with Crippen molar-refractivity contribution in [3.63, 3.8) is 0 Å². The predicted molar refractivity (Wildman–Crippen MR) is 116 cm³/mol. The van der Waals surface area contributed by atoms with Crippen LogP contribution in [-0.4, -0.2) is 24.0 Å².